The van der Waals surface area contributed by atoms with Crippen LogP contribution >= 0.6 is 15.9 Å². The van der Waals surface area contributed by atoms with Crippen molar-refractivity contribution in [2.75, 3.05) is 23.7 Å². The summed E-state index contributed by atoms with van der Waals surface area (Å²) in [5.74, 6) is 2.67. The Kier molecular flexibility index (Phi) is 13.0. The van der Waals surface area contributed by atoms with Crippen LogP contribution < -0.4 is 15.4 Å². The van der Waals surface area contributed by atoms with Crippen LogP contribution in [0.3, 0.4) is 0 Å². The number of carbonyl (C=O) groups excluding carboxylic acids is 2. The summed E-state index contributed by atoms with van der Waals surface area (Å²) in [4.78, 5) is 34.4. The molecule has 0 radical (unpaired) electrons. The average molecular weight is 942 g/mol. The van der Waals surface area contributed by atoms with Crippen molar-refractivity contribution >= 4 is 50.2 Å². The summed E-state index contributed by atoms with van der Waals surface area (Å²) < 4.78 is 10.3. The predicted molar refractivity (Wildman–Crippen MR) is 258 cm³/mol. The van der Waals surface area contributed by atoms with E-state index in [-0.39, 0.29) is 11.6 Å². The van der Waals surface area contributed by atoms with Gasteiger partial charge in [0.1, 0.15) is 10.4 Å². The van der Waals surface area contributed by atoms with E-state index in [4.69, 9.17) is 9.84 Å². The Morgan fingerprint density at radius 2 is 1.18 bits per heavy atom. The fourth-order valence-corrected chi connectivity index (χ4v) is 8.06. The minimum absolute atomic E-state index is 0.213. The van der Waals surface area contributed by atoms with E-state index >= 15 is 0 Å². The molecule has 0 saturated heterocycles. The number of carbonyl (C=O) groups is 2. The van der Waals surface area contributed by atoms with Crippen molar-refractivity contribution in [3.05, 3.63) is 118 Å². The number of hydrogen-bond acceptors (Lipinski definition) is 11. The molecule has 0 unspecified atom stereocenters. The molecule has 2 aliphatic rings. The number of halogens is 1. The highest BCUT2D eigenvalue weighted by Gasteiger charge is 2.27. The maximum atomic E-state index is 12.7. The third-order valence-electron chi connectivity index (χ3n) is 11.5. The van der Waals surface area contributed by atoms with E-state index in [1.165, 1.54) is 12.8 Å². The van der Waals surface area contributed by atoms with Crippen LogP contribution in [0.25, 0.3) is 33.8 Å². The van der Waals surface area contributed by atoms with Crippen molar-refractivity contribution in [1.29, 1.82) is 0 Å². The summed E-state index contributed by atoms with van der Waals surface area (Å²) >= 11 is 3.46. The molecule has 9 rings (SSSR count). The van der Waals surface area contributed by atoms with Gasteiger partial charge in [-0.2, -0.15) is 5.10 Å². The zero-order chi connectivity index (χ0) is 46.2. The number of fused-ring (bicyclic) bond motifs is 2. The van der Waals surface area contributed by atoms with E-state index in [2.05, 4.69) is 41.6 Å². The van der Waals surface area contributed by atoms with Crippen LogP contribution in [0.4, 0.5) is 11.4 Å². The Balaban J connectivity index is 0.000000181. The number of ketones is 2. The molecule has 13 nitrogen and oxygen atoms in total. The Morgan fingerprint density at radius 1 is 0.692 bits per heavy atom. The first-order valence-corrected chi connectivity index (χ1v) is 23.1. The summed E-state index contributed by atoms with van der Waals surface area (Å²) in [7, 11) is 0. The van der Waals surface area contributed by atoms with Gasteiger partial charge in [0, 0.05) is 54.3 Å². The second kappa shape index (κ2) is 18.5. The molecule has 2 fully saturated rings. The summed E-state index contributed by atoms with van der Waals surface area (Å²) in [6, 6.07) is 23.2. The monoisotopic (exact) mass is 940 g/mol. The summed E-state index contributed by atoms with van der Waals surface area (Å²) in [6.07, 6.45) is 9.51. The van der Waals surface area contributed by atoms with E-state index in [1.807, 2.05) is 87.5 Å². The molecule has 2 saturated carbocycles. The van der Waals surface area contributed by atoms with E-state index in [0.717, 1.165) is 68.9 Å². The molecule has 3 aromatic carbocycles. The predicted octanol–water partition coefficient (Wildman–Crippen LogP) is 10.6. The van der Waals surface area contributed by atoms with Crippen LogP contribution in [0.1, 0.15) is 104 Å². The number of rotatable bonds is 16. The number of aromatic nitrogens is 6. The number of nitrogens with zero attached hydrogens (tertiary/aromatic N) is 6. The minimum atomic E-state index is -0.910. The van der Waals surface area contributed by atoms with Crippen LogP contribution in [-0.4, -0.2) is 75.3 Å². The Bertz CT molecular complexity index is 2900. The van der Waals surface area contributed by atoms with Crippen LogP contribution in [-0.2, 0) is 0 Å². The first kappa shape index (κ1) is 45.6. The van der Waals surface area contributed by atoms with Gasteiger partial charge in [0.25, 0.3) is 0 Å². The lowest BCUT2D eigenvalue weighted by Gasteiger charge is -2.19. The van der Waals surface area contributed by atoms with E-state index < -0.39 is 11.2 Å². The van der Waals surface area contributed by atoms with Gasteiger partial charge in [-0.1, -0.05) is 36.4 Å². The molecule has 338 valence electrons. The van der Waals surface area contributed by atoms with Crippen molar-refractivity contribution in [2.45, 2.75) is 98.2 Å². The lowest BCUT2D eigenvalue weighted by molar-refractivity contribution is 0.0939. The van der Waals surface area contributed by atoms with Crippen LogP contribution in [0, 0.1) is 32.6 Å². The molecule has 4 N–H and O–H groups in total. The van der Waals surface area contributed by atoms with Gasteiger partial charge in [-0.15, -0.1) is 5.10 Å². The zero-order valence-electron chi connectivity index (χ0n) is 38.1. The third-order valence-corrected chi connectivity index (χ3v) is 11.9. The minimum Gasteiger partial charge on any atom is -0.437 e. The van der Waals surface area contributed by atoms with Gasteiger partial charge in [-0.25, -0.2) is 19.0 Å². The fourth-order valence-electron chi connectivity index (χ4n) is 7.67. The van der Waals surface area contributed by atoms with Crippen molar-refractivity contribution in [2.24, 2.45) is 11.8 Å². The Hall–Kier alpha value is -5.96. The highest BCUT2D eigenvalue weighted by molar-refractivity contribution is 9.10. The molecule has 7 aromatic rings. The van der Waals surface area contributed by atoms with Crippen LogP contribution in [0.2, 0.25) is 0 Å². The summed E-state index contributed by atoms with van der Waals surface area (Å²) in [6.45, 7) is 13.7. The van der Waals surface area contributed by atoms with E-state index in [9.17, 15) is 19.8 Å². The van der Waals surface area contributed by atoms with E-state index in [0.29, 0.717) is 71.0 Å². The van der Waals surface area contributed by atoms with Gasteiger partial charge in [-0.05, 0) is 149 Å². The topological polar surface area (TPSA) is 168 Å². The molecule has 65 heavy (non-hydrogen) atoms. The summed E-state index contributed by atoms with van der Waals surface area (Å²) in [5, 5.41) is 36.1. The second-order valence-corrected chi connectivity index (χ2v) is 19.8. The molecular weight excluding hydrogens is 885 g/mol. The molecule has 2 aliphatic carbocycles. The Morgan fingerprint density at radius 3 is 1.65 bits per heavy atom. The van der Waals surface area contributed by atoms with Crippen molar-refractivity contribution in [3.8, 4) is 34.1 Å². The number of hydrogen-bond donors (Lipinski definition) is 4. The molecule has 0 atom stereocenters. The number of aryl methyl sites for hydroxylation is 3. The number of imidazole rings is 2. The lowest BCUT2D eigenvalue weighted by Crippen LogP contribution is -2.29. The number of anilines is 2. The molecule has 4 heterocycles. The highest BCUT2D eigenvalue weighted by Crippen LogP contribution is 2.36. The quantitative estimate of drug-likeness (QED) is 0.0681. The normalized spacial score (nSPS) is 14.0. The third kappa shape index (κ3) is 11.5. The SMILES string of the molecule is Cc1cc(-c2cnc3c(NCC(C)(C)O)cc(Br)nn23)ccc1C(=O)CC1CC1.Cc1cccc(Oc2cc(NCC(C)(C)O)c3ncc(-c4ccc(C(=O)CC5CC5)c(C)c4)n3n2)c1. The maximum Gasteiger partial charge on any atom is 0.239 e. The van der Waals surface area contributed by atoms with Gasteiger partial charge in [0.2, 0.25) is 5.88 Å². The number of Topliss-reactive ketones (excluding diaryl/α,β-unsaturated/α-hetero) is 2. The molecule has 0 aliphatic heterocycles. The van der Waals surface area contributed by atoms with Gasteiger partial charge >= 0.3 is 0 Å². The van der Waals surface area contributed by atoms with Gasteiger partial charge in [0.05, 0.1) is 46.4 Å². The molecule has 4 aromatic heterocycles. The van der Waals surface area contributed by atoms with Gasteiger partial charge in [0.15, 0.2) is 22.9 Å². The standard InChI is InChI=1S/C29H32N4O3.C22H25BrN4O2/c1-18-6-5-7-22(12-18)36-27-15-24(31-17-29(3,4)35)28-30-16-25(33(28)32-27)21-10-11-23(19(2)13-21)26(34)14-20-8-9-20;1-13-8-15(6-7-16(13)19(28)9-14-4-5-14)18-11-24-21-17(25-12-22(2,3)29)10-20(23)26-27(18)21/h5-7,10-13,15-16,20,31,35H,8-9,14,17H2,1-4H3;6-8,10-11,14,25,29H,4-5,9,12H2,1-3H3. The van der Waals surface area contributed by atoms with Crippen molar-refractivity contribution in [3.63, 3.8) is 0 Å². The first-order valence-electron chi connectivity index (χ1n) is 22.3. The van der Waals surface area contributed by atoms with Crippen molar-refractivity contribution in [1.82, 2.24) is 29.2 Å². The van der Waals surface area contributed by atoms with Crippen molar-refractivity contribution < 1.29 is 24.5 Å². The molecular formula is C51H57BrN8O5. The van der Waals surface area contributed by atoms with E-state index in [1.54, 1.807) is 55.2 Å². The smallest absolute Gasteiger partial charge is 0.239 e. The maximum absolute atomic E-state index is 12.7. The first-order chi connectivity index (χ1) is 30.9. The molecule has 0 bridgehead atoms. The fraction of sp³-hybridized carbons (Fsp3) is 0.373. The number of ether oxygens (including phenoxy) is 1. The van der Waals surface area contributed by atoms with Crippen LogP contribution in [0.5, 0.6) is 11.6 Å². The number of aliphatic hydroxyl groups is 2. The Labute approximate surface area is 387 Å². The molecule has 0 spiro atoms. The average Bonchev–Trinajstić information content (AvgIpc) is 4.15. The largest absolute Gasteiger partial charge is 0.437 e. The van der Waals surface area contributed by atoms with Crippen LogP contribution in [0.15, 0.2) is 89.8 Å². The second-order valence-electron chi connectivity index (χ2n) is 19.0. The molecule has 14 heteroatoms. The highest BCUT2D eigenvalue weighted by atomic mass is 79.9. The lowest BCUT2D eigenvalue weighted by atomic mass is 9.98. The molecule has 0 amide bonds. The van der Waals surface area contributed by atoms with Gasteiger partial charge in [-0.3, -0.25) is 9.59 Å². The van der Waals surface area contributed by atoms with Gasteiger partial charge < -0.3 is 25.6 Å². The summed E-state index contributed by atoms with van der Waals surface area (Å²) in [5.41, 5.74) is 9.12. The number of nitrogens with one attached hydrogen (secondary N) is 2. The zero-order valence-corrected chi connectivity index (χ0v) is 39.7. The number of benzene rings is 3.